The average molecular weight is 239 g/mol. The predicted molar refractivity (Wildman–Crippen MR) is 69.2 cm³/mol. The topological polar surface area (TPSA) is 28.2 Å². The minimum Gasteiger partial charge on any atom is -0.306 e. The summed E-state index contributed by atoms with van der Waals surface area (Å²) in [6.45, 7) is 9.88. The normalized spacial score (nSPS) is 22.9. The average Bonchev–Trinajstić information content (AvgIpc) is 2.60. The number of nitrogens with one attached hydrogen (secondary N) is 1. The summed E-state index contributed by atoms with van der Waals surface area (Å²) in [6.07, 6.45) is 0. The van der Waals surface area contributed by atoms with E-state index in [0.717, 1.165) is 19.6 Å². The van der Waals surface area contributed by atoms with E-state index in [-0.39, 0.29) is 0 Å². The smallest absolute Gasteiger partial charge is 0.0901 e. The first-order valence-corrected chi connectivity index (χ1v) is 6.78. The van der Waals surface area contributed by atoms with Crippen LogP contribution in [0, 0.1) is 6.92 Å². The van der Waals surface area contributed by atoms with Crippen molar-refractivity contribution in [2.45, 2.75) is 32.7 Å². The summed E-state index contributed by atoms with van der Waals surface area (Å²) in [7, 11) is 2.18. The van der Waals surface area contributed by atoms with Gasteiger partial charge in [-0.2, -0.15) is 0 Å². The van der Waals surface area contributed by atoms with Crippen molar-refractivity contribution in [1.82, 2.24) is 15.2 Å². The van der Waals surface area contributed by atoms with Gasteiger partial charge in [-0.25, -0.2) is 4.98 Å². The molecule has 1 aromatic heterocycles. The SMILES string of the molecule is Cc1nc(C2CN(C)CCN2)c(C(C)C)s1. The number of rotatable bonds is 2. The van der Waals surface area contributed by atoms with E-state index in [1.807, 2.05) is 11.3 Å². The van der Waals surface area contributed by atoms with Gasteiger partial charge in [0, 0.05) is 24.5 Å². The summed E-state index contributed by atoms with van der Waals surface area (Å²) < 4.78 is 0. The molecule has 0 amide bonds. The van der Waals surface area contributed by atoms with Gasteiger partial charge in [-0.1, -0.05) is 13.8 Å². The zero-order valence-corrected chi connectivity index (χ0v) is 11.4. The Morgan fingerprint density at radius 1 is 1.50 bits per heavy atom. The molecule has 1 saturated heterocycles. The minimum absolute atomic E-state index is 0.418. The van der Waals surface area contributed by atoms with Gasteiger partial charge < -0.3 is 10.2 Å². The Balaban J connectivity index is 2.24. The molecule has 1 fully saturated rings. The lowest BCUT2D eigenvalue weighted by molar-refractivity contribution is 0.238. The molecule has 1 aromatic rings. The molecule has 1 atom stereocenters. The van der Waals surface area contributed by atoms with Gasteiger partial charge in [0.15, 0.2) is 0 Å². The van der Waals surface area contributed by atoms with Gasteiger partial charge in [-0.3, -0.25) is 0 Å². The van der Waals surface area contributed by atoms with E-state index >= 15 is 0 Å². The van der Waals surface area contributed by atoms with Crippen molar-refractivity contribution < 1.29 is 0 Å². The molecule has 0 aromatic carbocycles. The number of hydrogen-bond donors (Lipinski definition) is 1. The van der Waals surface area contributed by atoms with Crippen LogP contribution in [0.3, 0.4) is 0 Å². The number of aryl methyl sites for hydroxylation is 1. The van der Waals surface area contributed by atoms with Gasteiger partial charge in [0.25, 0.3) is 0 Å². The van der Waals surface area contributed by atoms with E-state index in [9.17, 15) is 0 Å². The largest absolute Gasteiger partial charge is 0.306 e. The van der Waals surface area contributed by atoms with Crippen molar-refractivity contribution in [3.05, 3.63) is 15.6 Å². The van der Waals surface area contributed by atoms with E-state index in [2.05, 4.69) is 38.0 Å². The molecule has 0 bridgehead atoms. The summed E-state index contributed by atoms with van der Waals surface area (Å²) in [4.78, 5) is 8.54. The molecular weight excluding hydrogens is 218 g/mol. The van der Waals surface area contributed by atoms with Crippen LogP contribution >= 0.6 is 11.3 Å². The Hall–Kier alpha value is -0.450. The van der Waals surface area contributed by atoms with Crippen LogP contribution in [0.4, 0.5) is 0 Å². The maximum atomic E-state index is 4.72. The third kappa shape index (κ3) is 2.44. The molecule has 3 nitrogen and oxygen atoms in total. The zero-order valence-electron chi connectivity index (χ0n) is 10.6. The van der Waals surface area contributed by atoms with Gasteiger partial charge in [0.2, 0.25) is 0 Å². The van der Waals surface area contributed by atoms with Crippen molar-refractivity contribution in [1.29, 1.82) is 0 Å². The lowest BCUT2D eigenvalue weighted by Crippen LogP contribution is -2.44. The first-order valence-electron chi connectivity index (χ1n) is 5.97. The van der Waals surface area contributed by atoms with Crippen LogP contribution in [0.25, 0.3) is 0 Å². The highest BCUT2D eigenvalue weighted by Crippen LogP contribution is 2.31. The Morgan fingerprint density at radius 2 is 2.25 bits per heavy atom. The monoisotopic (exact) mass is 239 g/mol. The fourth-order valence-corrected chi connectivity index (χ4v) is 3.19. The fourth-order valence-electron chi connectivity index (χ4n) is 2.20. The van der Waals surface area contributed by atoms with Crippen molar-refractivity contribution >= 4 is 11.3 Å². The van der Waals surface area contributed by atoms with Gasteiger partial charge in [-0.15, -0.1) is 11.3 Å². The maximum absolute atomic E-state index is 4.72. The lowest BCUT2D eigenvalue weighted by atomic mass is 10.0. The molecule has 90 valence electrons. The van der Waals surface area contributed by atoms with E-state index in [1.165, 1.54) is 15.6 Å². The number of piperazine rings is 1. The first kappa shape index (κ1) is 12.0. The maximum Gasteiger partial charge on any atom is 0.0901 e. The molecule has 1 aliphatic rings. The van der Waals surface area contributed by atoms with E-state index in [4.69, 9.17) is 4.98 Å². The second-order valence-corrected chi connectivity index (χ2v) is 6.14. The van der Waals surface area contributed by atoms with Gasteiger partial charge in [0.1, 0.15) is 0 Å². The van der Waals surface area contributed by atoms with E-state index in [0.29, 0.717) is 12.0 Å². The molecule has 1 unspecified atom stereocenters. The molecule has 16 heavy (non-hydrogen) atoms. The molecule has 1 aliphatic heterocycles. The summed E-state index contributed by atoms with van der Waals surface area (Å²) in [5, 5.41) is 4.77. The number of nitrogens with zero attached hydrogens (tertiary/aromatic N) is 2. The molecule has 0 spiro atoms. The van der Waals surface area contributed by atoms with Gasteiger partial charge >= 0.3 is 0 Å². The molecule has 4 heteroatoms. The quantitative estimate of drug-likeness (QED) is 0.857. The summed E-state index contributed by atoms with van der Waals surface area (Å²) in [5.74, 6) is 0.579. The minimum atomic E-state index is 0.418. The van der Waals surface area contributed by atoms with Gasteiger partial charge in [0.05, 0.1) is 16.7 Å². The molecule has 2 heterocycles. The van der Waals surface area contributed by atoms with Crippen LogP contribution in [0.1, 0.15) is 41.4 Å². The highest BCUT2D eigenvalue weighted by molar-refractivity contribution is 7.11. The summed E-state index contributed by atoms with van der Waals surface area (Å²) >= 11 is 1.85. The lowest BCUT2D eigenvalue weighted by Gasteiger charge is -2.30. The number of likely N-dealkylation sites (N-methyl/N-ethyl adjacent to an activating group) is 1. The Kier molecular flexibility index (Phi) is 3.62. The van der Waals surface area contributed by atoms with Crippen LogP contribution in [0.5, 0.6) is 0 Å². The van der Waals surface area contributed by atoms with Crippen molar-refractivity contribution in [3.63, 3.8) is 0 Å². The second kappa shape index (κ2) is 4.82. The van der Waals surface area contributed by atoms with Crippen LogP contribution < -0.4 is 5.32 Å². The van der Waals surface area contributed by atoms with Crippen LogP contribution in [0.15, 0.2) is 0 Å². The van der Waals surface area contributed by atoms with Gasteiger partial charge in [-0.05, 0) is 19.9 Å². The summed E-state index contributed by atoms with van der Waals surface area (Å²) in [5.41, 5.74) is 1.28. The molecule has 1 N–H and O–H groups in total. The Labute approximate surface area is 102 Å². The first-order chi connectivity index (χ1) is 7.58. The zero-order chi connectivity index (χ0) is 11.7. The second-order valence-electron chi connectivity index (χ2n) is 4.91. The van der Waals surface area contributed by atoms with Crippen LogP contribution in [0.2, 0.25) is 0 Å². The number of aromatic nitrogens is 1. The van der Waals surface area contributed by atoms with Crippen molar-refractivity contribution in [3.8, 4) is 0 Å². The standard InChI is InChI=1S/C12H21N3S/c1-8(2)12-11(14-9(3)16-12)10-7-15(4)6-5-13-10/h8,10,13H,5-7H2,1-4H3. The third-order valence-electron chi connectivity index (χ3n) is 3.02. The Bertz CT molecular complexity index is 359. The highest BCUT2D eigenvalue weighted by Gasteiger charge is 2.24. The predicted octanol–water partition coefficient (Wildman–Crippen LogP) is 2.15. The van der Waals surface area contributed by atoms with Crippen molar-refractivity contribution in [2.24, 2.45) is 0 Å². The summed E-state index contributed by atoms with van der Waals surface area (Å²) in [6, 6.07) is 0.418. The molecular formula is C12H21N3S. The van der Waals surface area contributed by atoms with E-state index < -0.39 is 0 Å². The van der Waals surface area contributed by atoms with Crippen molar-refractivity contribution in [2.75, 3.05) is 26.7 Å². The number of hydrogen-bond acceptors (Lipinski definition) is 4. The third-order valence-corrected chi connectivity index (χ3v) is 4.31. The molecule has 2 rings (SSSR count). The van der Waals surface area contributed by atoms with E-state index in [1.54, 1.807) is 0 Å². The molecule has 0 aliphatic carbocycles. The highest BCUT2D eigenvalue weighted by atomic mass is 32.1. The Morgan fingerprint density at radius 3 is 2.88 bits per heavy atom. The van der Waals surface area contributed by atoms with Crippen LogP contribution in [-0.4, -0.2) is 36.6 Å². The fraction of sp³-hybridized carbons (Fsp3) is 0.750. The molecule has 0 radical (unpaired) electrons. The molecule has 0 saturated carbocycles. The van der Waals surface area contributed by atoms with Crippen LogP contribution in [-0.2, 0) is 0 Å². The number of thiazole rings is 1.